The van der Waals surface area contributed by atoms with E-state index in [1.54, 1.807) is 0 Å². The summed E-state index contributed by atoms with van der Waals surface area (Å²) >= 11 is 0. The predicted octanol–water partition coefficient (Wildman–Crippen LogP) is 13.4. The normalized spacial score (nSPS) is 17.1. The van der Waals surface area contributed by atoms with Crippen molar-refractivity contribution in [3.05, 3.63) is 246 Å². The van der Waals surface area contributed by atoms with E-state index in [9.17, 15) is 0 Å². The molecule has 0 N–H and O–H groups in total. The van der Waals surface area contributed by atoms with Crippen LogP contribution in [0.1, 0.15) is 33.7 Å². The fraction of sp³-hybridized carbons (Fsp3) is 0.0566. The van der Waals surface area contributed by atoms with Crippen LogP contribution in [-0.2, 0) is 5.41 Å². The zero-order valence-corrected chi connectivity index (χ0v) is 30.3. The Labute approximate surface area is 322 Å². The van der Waals surface area contributed by atoms with Gasteiger partial charge in [0.05, 0.1) is 17.1 Å². The van der Waals surface area contributed by atoms with Crippen molar-refractivity contribution in [3.63, 3.8) is 0 Å². The third kappa shape index (κ3) is 4.74. The molecular weight excluding hydrogens is 665 g/mol. The Bertz CT molecular complexity index is 2740. The lowest BCUT2D eigenvalue weighted by Crippen LogP contribution is -2.28. The molecule has 11 rings (SSSR count). The van der Waals surface area contributed by atoms with E-state index in [-0.39, 0.29) is 12.0 Å². The Morgan fingerprint density at radius 1 is 0.473 bits per heavy atom. The highest BCUT2D eigenvalue weighted by atomic mass is 15.2. The minimum absolute atomic E-state index is 0.222. The summed E-state index contributed by atoms with van der Waals surface area (Å²) in [6, 6.07) is 72.0. The quantitative estimate of drug-likeness (QED) is 0.170. The maximum absolute atomic E-state index is 2.51. The van der Waals surface area contributed by atoms with Gasteiger partial charge in [0.15, 0.2) is 0 Å². The number of anilines is 5. The molecule has 2 unspecified atom stereocenters. The number of hydrogen-bond donors (Lipinski definition) is 0. The van der Waals surface area contributed by atoms with E-state index in [0.29, 0.717) is 0 Å². The van der Waals surface area contributed by atoms with Gasteiger partial charge < -0.3 is 9.80 Å². The molecule has 260 valence electrons. The highest BCUT2D eigenvalue weighted by Crippen LogP contribution is 2.58. The topological polar surface area (TPSA) is 6.48 Å². The van der Waals surface area contributed by atoms with Gasteiger partial charge in [-0.15, -0.1) is 0 Å². The Morgan fingerprint density at radius 3 is 1.89 bits per heavy atom. The van der Waals surface area contributed by atoms with E-state index in [1.807, 2.05) is 0 Å². The average molecular weight is 703 g/mol. The third-order valence-corrected chi connectivity index (χ3v) is 12.0. The van der Waals surface area contributed by atoms with Gasteiger partial charge in [0.1, 0.15) is 0 Å². The van der Waals surface area contributed by atoms with Crippen molar-refractivity contribution in [2.24, 2.45) is 0 Å². The number of allylic oxidation sites excluding steroid dienone is 2. The highest BCUT2D eigenvalue weighted by molar-refractivity contribution is 6.00. The molecule has 2 heteroatoms. The fourth-order valence-corrected chi connectivity index (χ4v) is 9.76. The summed E-state index contributed by atoms with van der Waals surface area (Å²) in [4.78, 5) is 5.00. The molecule has 0 aromatic heterocycles. The molecule has 0 fully saturated rings. The van der Waals surface area contributed by atoms with Gasteiger partial charge in [-0.1, -0.05) is 170 Å². The minimum atomic E-state index is -0.491. The van der Waals surface area contributed by atoms with Crippen LogP contribution in [0.2, 0.25) is 0 Å². The lowest BCUT2D eigenvalue weighted by Gasteiger charge is -2.35. The average Bonchev–Trinajstić information content (AvgIpc) is 3.75. The lowest BCUT2D eigenvalue weighted by molar-refractivity contribution is 0.745. The summed E-state index contributed by atoms with van der Waals surface area (Å²) in [5.74, 6) is 0.243. The summed E-state index contributed by atoms with van der Waals surface area (Å²) in [5.41, 5.74) is 14.5. The second-order valence-electron chi connectivity index (χ2n) is 14.8. The molecule has 8 aromatic carbocycles. The van der Waals surface area contributed by atoms with Gasteiger partial charge in [-0.05, 0) is 92.9 Å². The molecule has 0 bridgehead atoms. The number of benzene rings is 8. The van der Waals surface area contributed by atoms with Crippen molar-refractivity contribution >= 4 is 39.2 Å². The standard InChI is InChI=1S/C53H38N2/c1-4-19-38(20-5-1)53(39-21-6-2-7-22-39)48-28-14-12-26-44(48)45-33-31-42(36-49(45)53)54(50-30-16-18-37-17-10-11-25-43(37)50)41-32-34-52-47(35-41)46-27-13-15-29-51(46)55(52)40-23-8-3-9-24-40/h1-36,46,51H. The van der Waals surface area contributed by atoms with E-state index in [1.165, 1.54) is 61.1 Å². The van der Waals surface area contributed by atoms with Gasteiger partial charge in [-0.3, -0.25) is 0 Å². The van der Waals surface area contributed by atoms with E-state index in [0.717, 1.165) is 17.1 Å². The van der Waals surface area contributed by atoms with Crippen molar-refractivity contribution in [3.8, 4) is 11.1 Å². The SMILES string of the molecule is C1=CC2c3cc(N(c4ccc5c(c4)C(c4ccccc4)(c4ccccc4)c4ccccc4-5)c4cccc5ccccc45)ccc3N(c3ccccc3)C2C=C1. The van der Waals surface area contributed by atoms with Crippen molar-refractivity contribution in [1.29, 1.82) is 0 Å². The number of para-hydroxylation sites is 1. The molecule has 2 nitrogen and oxygen atoms in total. The molecule has 0 spiro atoms. The molecule has 8 aromatic rings. The van der Waals surface area contributed by atoms with Gasteiger partial charge in [0.2, 0.25) is 0 Å². The smallest absolute Gasteiger partial charge is 0.0714 e. The van der Waals surface area contributed by atoms with Gasteiger partial charge in [0, 0.05) is 34.1 Å². The second-order valence-corrected chi connectivity index (χ2v) is 14.8. The van der Waals surface area contributed by atoms with Crippen LogP contribution in [0.25, 0.3) is 21.9 Å². The molecule has 0 saturated heterocycles. The minimum Gasteiger partial charge on any atom is -0.333 e. The van der Waals surface area contributed by atoms with Crippen LogP contribution in [0.15, 0.2) is 218 Å². The maximum atomic E-state index is 2.51. The second kappa shape index (κ2) is 12.6. The van der Waals surface area contributed by atoms with Crippen molar-refractivity contribution in [1.82, 2.24) is 0 Å². The summed E-state index contributed by atoms with van der Waals surface area (Å²) in [6.07, 6.45) is 9.13. The van der Waals surface area contributed by atoms with Crippen LogP contribution in [-0.4, -0.2) is 6.04 Å². The summed E-state index contributed by atoms with van der Waals surface area (Å²) in [7, 11) is 0. The molecule has 0 saturated carbocycles. The first-order valence-corrected chi connectivity index (χ1v) is 19.3. The zero-order chi connectivity index (χ0) is 36.3. The van der Waals surface area contributed by atoms with Gasteiger partial charge in [0.25, 0.3) is 0 Å². The fourth-order valence-electron chi connectivity index (χ4n) is 9.76. The molecule has 55 heavy (non-hydrogen) atoms. The van der Waals surface area contributed by atoms with Gasteiger partial charge in [-0.2, -0.15) is 0 Å². The Balaban J connectivity index is 1.17. The van der Waals surface area contributed by atoms with E-state index in [4.69, 9.17) is 0 Å². The monoisotopic (exact) mass is 702 g/mol. The molecule has 2 aliphatic carbocycles. The van der Waals surface area contributed by atoms with Crippen molar-refractivity contribution in [2.75, 3.05) is 9.80 Å². The van der Waals surface area contributed by atoms with Crippen molar-refractivity contribution in [2.45, 2.75) is 17.4 Å². The maximum Gasteiger partial charge on any atom is 0.0714 e. The van der Waals surface area contributed by atoms with Crippen LogP contribution < -0.4 is 9.80 Å². The van der Waals surface area contributed by atoms with Crippen LogP contribution in [0.5, 0.6) is 0 Å². The predicted molar refractivity (Wildman–Crippen MR) is 229 cm³/mol. The Kier molecular flexibility index (Phi) is 7.25. The number of hydrogen-bond acceptors (Lipinski definition) is 2. The summed E-state index contributed by atoms with van der Waals surface area (Å²) in [6.45, 7) is 0. The first-order valence-electron chi connectivity index (χ1n) is 19.3. The van der Waals surface area contributed by atoms with Crippen LogP contribution >= 0.6 is 0 Å². The first-order chi connectivity index (χ1) is 27.3. The molecule has 2 atom stereocenters. The van der Waals surface area contributed by atoms with E-state index < -0.39 is 5.41 Å². The molecule has 3 aliphatic rings. The number of rotatable bonds is 6. The lowest BCUT2D eigenvalue weighted by atomic mass is 9.67. The molecule has 0 amide bonds. The molecule has 1 aliphatic heterocycles. The molecule has 1 heterocycles. The van der Waals surface area contributed by atoms with Gasteiger partial charge in [-0.25, -0.2) is 0 Å². The highest BCUT2D eigenvalue weighted by Gasteiger charge is 2.46. The number of fused-ring (bicyclic) bond motifs is 7. The first kappa shape index (κ1) is 31.6. The zero-order valence-electron chi connectivity index (χ0n) is 30.3. The van der Waals surface area contributed by atoms with Crippen LogP contribution in [0, 0.1) is 0 Å². The van der Waals surface area contributed by atoms with Crippen molar-refractivity contribution < 1.29 is 0 Å². The Hall–Kier alpha value is -6.90. The van der Waals surface area contributed by atoms with Crippen LogP contribution in [0.3, 0.4) is 0 Å². The number of nitrogens with zero attached hydrogens (tertiary/aromatic N) is 2. The van der Waals surface area contributed by atoms with E-state index in [2.05, 4.69) is 228 Å². The van der Waals surface area contributed by atoms with Crippen LogP contribution in [0.4, 0.5) is 28.4 Å². The molecule has 0 radical (unpaired) electrons. The molecular formula is C53H38N2. The Morgan fingerprint density at radius 2 is 1.09 bits per heavy atom. The summed E-state index contributed by atoms with van der Waals surface area (Å²) in [5, 5.41) is 2.44. The van der Waals surface area contributed by atoms with Gasteiger partial charge >= 0.3 is 0 Å². The third-order valence-electron chi connectivity index (χ3n) is 12.0. The van der Waals surface area contributed by atoms with E-state index >= 15 is 0 Å². The largest absolute Gasteiger partial charge is 0.333 e. The summed E-state index contributed by atoms with van der Waals surface area (Å²) < 4.78 is 0.